The molecule has 0 aromatic heterocycles. The van der Waals surface area contributed by atoms with Crippen molar-refractivity contribution in [3.63, 3.8) is 0 Å². The van der Waals surface area contributed by atoms with Gasteiger partial charge in [0.05, 0.1) is 12.5 Å². The van der Waals surface area contributed by atoms with E-state index in [1.165, 1.54) is 23.1 Å². The molecule has 1 rings (SSSR count). The van der Waals surface area contributed by atoms with Gasteiger partial charge in [0.15, 0.2) is 0 Å². The maximum absolute atomic E-state index is 12.9. The largest absolute Gasteiger partial charge is 0.390 e. The lowest BCUT2D eigenvalue weighted by Gasteiger charge is -2.19. The van der Waals surface area contributed by atoms with Crippen molar-refractivity contribution in [1.82, 2.24) is 4.90 Å². The first-order valence-corrected chi connectivity index (χ1v) is 5.97. The van der Waals surface area contributed by atoms with E-state index in [4.69, 9.17) is 0 Å². The van der Waals surface area contributed by atoms with Gasteiger partial charge in [-0.15, -0.1) is 0 Å². The quantitative estimate of drug-likeness (QED) is 0.809. The van der Waals surface area contributed by atoms with Crippen molar-refractivity contribution in [3.05, 3.63) is 35.6 Å². The van der Waals surface area contributed by atoms with Crippen LogP contribution in [0, 0.1) is 5.82 Å². The van der Waals surface area contributed by atoms with E-state index in [0.717, 1.165) is 0 Å². The molecule has 108 valence electrons. The summed E-state index contributed by atoms with van der Waals surface area (Å²) in [5.74, 6) is -0.443. The molecule has 0 saturated carbocycles. The summed E-state index contributed by atoms with van der Waals surface area (Å²) in [7, 11) is 1.56. The third-order valence-corrected chi connectivity index (χ3v) is 2.79. The van der Waals surface area contributed by atoms with Gasteiger partial charge in [-0.05, 0) is 31.2 Å². The highest BCUT2D eigenvalue weighted by Crippen LogP contribution is 2.21. The molecule has 0 heterocycles. The zero-order chi connectivity index (χ0) is 14.5. The van der Waals surface area contributed by atoms with Crippen LogP contribution in [0.4, 0.5) is 17.6 Å². The van der Waals surface area contributed by atoms with Crippen LogP contribution in [0.2, 0.25) is 0 Å². The highest BCUT2D eigenvalue weighted by atomic mass is 19.4. The van der Waals surface area contributed by atoms with Gasteiger partial charge in [0.25, 0.3) is 0 Å². The topological polar surface area (TPSA) is 23.5 Å². The van der Waals surface area contributed by atoms with Gasteiger partial charge in [0, 0.05) is 13.1 Å². The van der Waals surface area contributed by atoms with E-state index >= 15 is 0 Å². The Morgan fingerprint density at radius 2 is 1.95 bits per heavy atom. The van der Waals surface area contributed by atoms with Gasteiger partial charge in [0.2, 0.25) is 0 Å². The predicted octanol–water partition coefficient (Wildman–Crippen LogP) is 3.13. The fraction of sp³-hybridized carbons (Fsp3) is 0.538. The van der Waals surface area contributed by atoms with Crippen molar-refractivity contribution in [2.75, 3.05) is 20.1 Å². The summed E-state index contributed by atoms with van der Waals surface area (Å²) in [5.41, 5.74) is 0.434. The molecular formula is C13H17F4NO. The molecule has 1 unspecified atom stereocenters. The Balaban J connectivity index is 2.36. The monoisotopic (exact) mass is 279 g/mol. The van der Waals surface area contributed by atoms with Crippen molar-refractivity contribution in [3.8, 4) is 0 Å². The standard InChI is InChI=1S/C13H17F4NO/c1-18(8-6-13(15,16)17)7-5-12(19)10-3-2-4-11(14)9-10/h2-4,9,12,19H,5-8H2,1H3. The molecule has 0 radical (unpaired) electrons. The zero-order valence-corrected chi connectivity index (χ0v) is 10.6. The van der Waals surface area contributed by atoms with Crippen molar-refractivity contribution in [2.24, 2.45) is 0 Å². The second kappa shape index (κ2) is 6.86. The average Bonchev–Trinajstić information content (AvgIpc) is 2.32. The zero-order valence-electron chi connectivity index (χ0n) is 10.6. The number of halogens is 4. The highest BCUT2D eigenvalue weighted by molar-refractivity contribution is 5.18. The van der Waals surface area contributed by atoms with E-state index in [9.17, 15) is 22.7 Å². The molecular weight excluding hydrogens is 262 g/mol. The smallest absolute Gasteiger partial charge is 0.388 e. The fourth-order valence-electron chi connectivity index (χ4n) is 1.65. The summed E-state index contributed by atoms with van der Waals surface area (Å²) in [5, 5.41) is 9.81. The molecule has 0 aliphatic carbocycles. The Hall–Kier alpha value is -1.14. The molecule has 0 aliphatic rings. The summed E-state index contributed by atoms with van der Waals surface area (Å²) in [4.78, 5) is 1.50. The van der Waals surface area contributed by atoms with E-state index in [2.05, 4.69) is 0 Å². The summed E-state index contributed by atoms with van der Waals surface area (Å²) in [6, 6.07) is 5.57. The van der Waals surface area contributed by atoms with Crippen molar-refractivity contribution in [1.29, 1.82) is 0 Å². The van der Waals surface area contributed by atoms with Gasteiger partial charge in [-0.25, -0.2) is 4.39 Å². The maximum atomic E-state index is 12.9. The molecule has 0 spiro atoms. The molecule has 1 N–H and O–H groups in total. The highest BCUT2D eigenvalue weighted by Gasteiger charge is 2.27. The summed E-state index contributed by atoms with van der Waals surface area (Å²) in [6.07, 6.45) is -5.66. The fourth-order valence-corrected chi connectivity index (χ4v) is 1.65. The first-order valence-electron chi connectivity index (χ1n) is 5.97. The minimum atomic E-state index is -4.17. The van der Waals surface area contributed by atoms with Crippen molar-refractivity contribution in [2.45, 2.75) is 25.1 Å². The minimum Gasteiger partial charge on any atom is -0.388 e. The van der Waals surface area contributed by atoms with Gasteiger partial charge in [-0.2, -0.15) is 13.2 Å². The molecule has 1 atom stereocenters. The third kappa shape index (κ3) is 6.54. The van der Waals surface area contributed by atoms with E-state index in [0.29, 0.717) is 12.1 Å². The minimum absolute atomic E-state index is 0.112. The van der Waals surface area contributed by atoms with E-state index in [1.807, 2.05) is 0 Å². The van der Waals surface area contributed by atoms with E-state index in [-0.39, 0.29) is 13.0 Å². The first-order chi connectivity index (χ1) is 8.78. The van der Waals surface area contributed by atoms with Gasteiger partial charge >= 0.3 is 6.18 Å². The van der Waals surface area contributed by atoms with Crippen LogP contribution in [0.1, 0.15) is 24.5 Å². The summed E-state index contributed by atoms with van der Waals surface area (Å²) < 4.78 is 49.0. The first kappa shape index (κ1) is 15.9. The van der Waals surface area contributed by atoms with Gasteiger partial charge in [0.1, 0.15) is 5.82 Å². The van der Waals surface area contributed by atoms with Crippen LogP contribution in [-0.2, 0) is 0 Å². The molecule has 1 aromatic carbocycles. The van der Waals surface area contributed by atoms with Crippen LogP contribution in [0.25, 0.3) is 0 Å². The second-order valence-corrected chi connectivity index (χ2v) is 4.53. The normalized spacial score (nSPS) is 13.8. The van der Waals surface area contributed by atoms with E-state index in [1.54, 1.807) is 13.1 Å². The van der Waals surface area contributed by atoms with Crippen LogP contribution >= 0.6 is 0 Å². The number of hydrogen-bond donors (Lipinski definition) is 1. The van der Waals surface area contributed by atoms with Crippen molar-refractivity contribution >= 4 is 0 Å². The Kier molecular flexibility index (Phi) is 5.75. The van der Waals surface area contributed by atoms with Crippen molar-refractivity contribution < 1.29 is 22.7 Å². The number of aliphatic hydroxyl groups excluding tert-OH is 1. The molecule has 2 nitrogen and oxygen atoms in total. The Morgan fingerprint density at radius 3 is 2.53 bits per heavy atom. The van der Waals surface area contributed by atoms with Crippen LogP contribution in [-0.4, -0.2) is 36.3 Å². The Bertz CT molecular complexity index is 394. The predicted molar refractivity (Wildman–Crippen MR) is 64.1 cm³/mol. The van der Waals surface area contributed by atoms with Gasteiger partial charge in [-0.1, -0.05) is 12.1 Å². The van der Waals surface area contributed by atoms with Crippen LogP contribution < -0.4 is 0 Å². The number of hydrogen-bond acceptors (Lipinski definition) is 2. The lowest BCUT2D eigenvalue weighted by atomic mass is 10.1. The number of alkyl halides is 3. The number of rotatable bonds is 6. The number of aliphatic hydroxyl groups is 1. The molecule has 0 fully saturated rings. The SMILES string of the molecule is CN(CCC(O)c1cccc(F)c1)CCC(F)(F)F. The summed E-state index contributed by atoms with van der Waals surface area (Å²) in [6.45, 7) is 0.202. The Labute approximate surface area is 109 Å². The Morgan fingerprint density at radius 1 is 1.26 bits per heavy atom. The van der Waals surface area contributed by atoms with Crippen LogP contribution in [0.15, 0.2) is 24.3 Å². The molecule has 0 saturated heterocycles. The lowest BCUT2D eigenvalue weighted by Crippen LogP contribution is -2.26. The van der Waals surface area contributed by atoms with Crippen LogP contribution in [0.3, 0.4) is 0 Å². The average molecular weight is 279 g/mol. The third-order valence-electron chi connectivity index (χ3n) is 2.79. The molecule has 0 aliphatic heterocycles. The molecule has 0 bridgehead atoms. The van der Waals surface area contributed by atoms with Crippen LogP contribution in [0.5, 0.6) is 0 Å². The molecule has 6 heteroatoms. The molecule has 1 aromatic rings. The van der Waals surface area contributed by atoms with E-state index < -0.39 is 24.5 Å². The maximum Gasteiger partial charge on any atom is 0.390 e. The molecule has 0 amide bonds. The summed E-state index contributed by atoms with van der Waals surface area (Å²) >= 11 is 0. The molecule has 19 heavy (non-hydrogen) atoms. The lowest BCUT2D eigenvalue weighted by molar-refractivity contribution is -0.137. The second-order valence-electron chi connectivity index (χ2n) is 4.53. The number of nitrogens with zero attached hydrogens (tertiary/aromatic N) is 1. The van der Waals surface area contributed by atoms with Gasteiger partial charge in [-0.3, -0.25) is 0 Å². The number of benzene rings is 1. The van der Waals surface area contributed by atoms with Gasteiger partial charge < -0.3 is 10.0 Å².